The second kappa shape index (κ2) is 21.5. The molecule has 4 atom stereocenters. The van der Waals surface area contributed by atoms with Crippen LogP contribution in [-0.2, 0) is 27.2 Å². The van der Waals surface area contributed by atoms with Gasteiger partial charge in [-0.3, -0.25) is 19.2 Å². The zero-order chi connectivity index (χ0) is 45.1. The lowest BCUT2D eigenvalue weighted by Gasteiger charge is -2.30. The number of fused-ring (bicyclic) bond motifs is 5. The van der Waals surface area contributed by atoms with Crippen LogP contribution in [0.4, 0.5) is 5.82 Å². The molecule has 17 heteroatoms. The molecule has 2 heterocycles. The van der Waals surface area contributed by atoms with E-state index in [9.17, 15) is 29.4 Å². The Kier molecular flexibility index (Phi) is 16.2. The van der Waals surface area contributed by atoms with E-state index in [1.165, 1.54) is 31.7 Å². The van der Waals surface area contributed by atoms with Crippen molar-refractivity contribution in [2.75, 3.05) is 45.6 Å². The first-order chi connectivity index (χ1) is 29.6. The summed E-state index contributed by atoms with van der Waals surface area (Å²) >= 11 is 0. The summed E-state index contributed by atoms with van der Waals surface area (Å²) < 4.78 is 12.0. The molecule has 0 spiro atoms. The molecule has 4 amide bonds. The molecule has 1 aromatic heterocycles. The van der Waals surface area contributed by atoms with Crippen LogP contribution in [0.3, 0.4) is 0 Å². The lowest BCUT2D eigenvalue weighted by Crippen LogP contribution is -2.52. The number of anilines is 1. The monoisotopic (exact) mass is 853 g/mol. The summed E-state index contributed by atoms with van der Waals surface area (Å²) in [6.45, 7) is 6.73. The number of ether oxygens (including phenoxy) is 2. The number of nitrogens with two attached hydrogens (primary N) is 3. The van der Waals surface area contributed by atoms with E-state index in [1.54, 1.807) is 19.1 Å². The molecule has 332 valence electrons. The molecular formula is C45H59N9O8. The van der Waals surface area contributed by atoms with Gasteiger partial charge in [0.05, 0.1) is 18.8 Å². The Morgan fingerprint density at radius 1 is 0.968 bits per heavy atom. The lowest BCUT2D eigenvalue weighted by molar-refractivity contribution is -0.139. The van der Waals surface area contributed by atoms with Crippen LogP contribution in [0.2, 0.25) is 0 Å². The predicted molar refractivity (Wildman–Crippen MR) is 235 cm³/mol. The van der Waals surface area contributed by atoms with Gasteiger partial charge in [0, 0.05) is 36.3 Å². The Balaban J connectivity index is 1.51. The standard InChI is InChI=1S/C45H59N9O8/c1-6-7-9-28-10-13-30(14-11-28)42-51-26(3)38(41(48)53-42)44(59)49-23-37(56)54(5)39-31-20-34(40(57)36(21-31)62-24-32(55)22-47)33-19-29(12-15-35(33)61-17-8-16-46)18-25(2)50-43(58)27(4)52-45(39)60/h10-15,19-21,25,27,32,39,55,57H,6-9,16-18,22-24,46-47H2,1-5H3,(H,49,59)(H,50,58)(H,52,60)(H2,48,51,53)/t25-,27+,32-,39+/m1/s1. The zero-order valence-electron chi connectivity index (χ0n) is 36.0. The highest BCUT2D eigenvalue weighted by Crippen LogP contribution is 2.44. The number of aliphatic hydroxyl groups excluding tert-OH is 1. The molecule has 0 aliphatic carbocycles. The van der Waals surface area contributed by atoms with Crippen LogP contribution < -0.4 is 42.6 Å². The van der Waals surface area contributed by atoms with Gasteiger partial charge in [-0.2, -0.15) is 0 Å². The molecule has 4 bridgehead atoms. The number of hydrogen-bond donors (Lipinski definition) is 8. The topological polar surface area (TPSA) is 270 Å². The number of unbranched alkanes of at least 4 members (excludes halogenated alkanes) is 1. The highest BCUT2D eigenvalue weighted by Gasteiger charge is 2.34. The number of rotatable bonds is 16. The van der Waals surface area contributed by atoms with Crippen molar-refractivity contribution >= 4 is 29.4 Å². The Morgan fingerprint density at radius 2 is 1.71 bits per heavy atom. The van der Waals surface area contributed by atoms with E-state index in [-0.39, 0.29) is 59.8 Å². The lowest BCUT2D eigenvalue weighted by atomic mass is 9.93. The van der Waals surface area contributed by atoms with Gasteiger partial charge in [-0.05, 0) is 94.0 Å². The minimum atomic E-state index is -1.45. The largest absolute Gasteiger partial charge is 0.504 e. The van der Waals surface area contributed by atoms with Crippen molar-refractivity contribution in [2.45, 2.75) is 84.0 Å². The number of carbonyl (C=O) groups excluding carboxylic acids is 4. The maximum atomic E-state index is 14.4. The number of aromatic hydroxyl groups is 1. The maximum Gasteiger partial charge on any atom is 0.257 e. The first-order valence-electron chi connectivity index (χ1n) is 20.9. The first-order valence-corrected chi connectivity index (χ1v) is 20.9. The van der Waals surface area contributed by atoms with Gasteiger partial charge in [0.15, 0.2) is 17.3 Å². The van der Waals surface area contributed by atoms with Gasteiger partial charge in [0.25, 0.3) is 5.91 Å². The van der Waals surface area contributed by atoms with E-state index >= 15 is 0 Å². The van der Waals surface area contributed by atoms with E-state index in [2.05, 4.69) is 32.8 Å². The third-order valence-electron chi connectivity index (χ3n) is 10.5. The molecule has 5 rings (SSSR count). The predicted octanol–water partition coefficient (Wildman–Crippen LogP) is 2.67. The van der Waals surface area contributed by atoms with Gasteiger partial charge < -0.3 is 57.7 Å². The van der Waals surface area contributed by atoms with Crippen LogP contribution in [0.5, 0.6) is 17.2 Å². The molecular weight excluding hydrogens is 795 g/mol. The van der Waals surface area contributed by atoms with Crippen molar-refractivity contribution in [1.29, 1.82) is 0 Å². The summed E-state index contributed by atoms with van der Waals surface area (Å²) in [5.41, 5.74) is 21.5. The molecule has 62 heavy (non-hydrogen) atoms. The van der Waals surface area contributed by atoms with Crippen LogP contribution in [0.1, 0.15) is 78.8 Å². The minimum absolute atomic E-state index is 0.00934. The number of carbonyl (C=O) groups is 4. The number of aromatic nitrogens is 2. The molecule has 11 N–H and O–H groups in total. The molecule has 1 aliphatic rings. The van der Waals surface area contributed by atoms with Crippen LogP contribution in [0.15, 0.2) is 54.6 Å². The van der Waals surface area contributed by atoms with Crippen molar-refractivity contribution in [3.8, 4) is 39.8 Å². The molecule has 4 aromatic rings. The number of benzene rings is 3. The van der Waals surface area contributed by atoms with Gasteiger partial charge in [-0.1, -0.05) is 43.7 Å². The fourth-order valence-corrected chi connectivity index (χ4v) is 7.06. The first kappa shape index (κ1) is 46.8. The number of likely N-dealkylation sites (N-methyl/N-ethyl adjacent to an activating group) is 1. The summed E-state index contributed by atoms with van der Waals surface area (Å²) in [6, 6.07) is 13.3. The zero-order valence-corrected chi connectivity index (χ0v) is 36.0. The van der Waals surface area contributed by atoms with Crippen LogP contribution in [0, 0.1) is 6.92 Å². The number of nitrogen functional groups attached to an aromatic ring is 1. The van der Waals surface area contributed by atoms with E-state index in [1.807, 2.05) is 37.3 Å². The second-order valence-electron chi connectivity index (χ2n) is 15.6. The van der Waals surface area contributed by atoms with E-state index < -0.39 is 48.4 Å². The van der Waals surface area contributed by atoms with E-state index in [0.29, 0.717) is 42.2 Å². The molecule has 0 radical (unpaired) electrons. The minimum Gasteiger partial charge on any atom is -0.504 e. The van der Waals surface area contributed by atoms with Gasteiger partial charge in [-0.25, -0.2) is 9.97 Å². The molecule has 3 aromatic carbocycles. The van der Waals surface area contributed by atoms with Crippen molar-refractivity contribution in [3.05, 3.63) is 82.5 Å². The highest BCUT2D eigenvalue weighted by molar-refractivity contribution is 6.01. The van der Waals surface area contributed by atoms with Crippen molar-refractivity contribution in [2.24, 2.45) is 11.5 Å². The summed E-state index contributed by atoms with van der Waals surface area (Å²) in [4.78, 5) is 65.4. The summed E-state index contributed by atoms with van der Waals surface area (Å²) in [7, 11) is 1.37. The van der Waals surface area contributed by atoms with Crippen LogP contribution in [-0.4, -0.2) is 107 Å². The van der Waals surface area contributed by atoms with Crippen molar-refractivity contribution in [3.63, 3.8) is 0 Å². The fourth-order valence-electron chi connectivity index (χ4n) is 7.06. The number of nitrogens with zero attached hydrogens (tertiary/aromatic N) is 3. The van der Waals surface area contributed by atoms with Crippen LogP contribution >= 0.6 is 0 Å². The van der Waals surface area contributed by atoms with Gasteiger partial charge in [0.2, 0.25) is 17.7 Å². The van der Waals surface area contributed by atoms with Gasteiger partial charge in [0.1, 0.15) is 41.9 Å². The quantitative estimate of drug-likeness (QED) is 0.0755. The Hall–Kier alpha value is -6.30. The third kappa shape index (κ3) is 11.5. The smallest absolute Gasteiger partial charge is 0.257 e. The van der Waals surface area contributed by atoms with E-state index in [4.69, 9.17) is 26.7 Å². The molecule has 0 unspecified atom stereocenters. The summed E-state index contributed by atoms with van der Waals surface area (Å²) in [6.07, 6.45) is 2.97. The summed E-state index contributed by atoms with van der Waals surface area (Å²) in [5.74, 6) is -2.41. The molecule has 0 saturated carbocycles. The number of phenols is 1. The molecule has 17 nitrogen and oxygen atoms in total. The summed E-state index contributed by atoms with van der Waals surface area (Å²) in [5, 5.41) is 30.3. The van der Waals surface area contributed by atoms with Gasteiger partial charge in [-0.15, -0.1) is 0 Å². The fraction of sp³-hybridized carbons (Fsp3) is 0.422. The number of amides is 4. The second-order valence-corrected chi connectivity index (χ2v) is 15.6. The normalized spacial score (nSPS) is 16.9. The SMILES string of the molecule is CCCCc1ccc(-c2nc(C)c(C(=O)NCC(=O)N(C)[C@@H]3C(=O)N[C@@H](C)C(=O)N[C@H](C)Cc4ccc(OCCCN)c(c4)-c4cc3cc(OC[C@H](O)CN)c4O)c(N)n2)cc1. The maximum absolute atomic E-state index is 14.4. The number of aryl methyl sites for hydroxylation is 2. The molecule has 0 saturated heterocycles. The Morgan fingerprint density at radius 3 is 2.39 bits per heavy atom. The average molecular weight is 854 g/mol. The Labute approximate surface area is 361 Å². The highest BCUT2D eigenvalue weighted by atomic mass is 16.5. The Bertz CT molecular complexity index is 2210. The molecule has 0 fully saturated rings. The number of phenolic OH excluding ortho intramolecular Hbond substituents is 1. The third-order valence-corrected chi connectivity index (χ3v) is 10.5. The number of nitrogens with one attached hydrogen (secondary N) is 3. The average Bonchev–Trinajstić information content (AvgIpc) is 3.24. The number of aliphatic hydroxyl groups is 1. The van der Waals surface area contributed by atoms with Crippen LogP contribution in [0.25, 0.3) is 22.5 Å². The molecule has 1 aliphatic heterocycles. The number of hydrogen-bond acceptors (Lipinski definition) is 13. The van der Waals surface area contributed by atoms with Crippen molar-refractivity contribution < 1.29 is 38.9 Å². The van der Waals surface area contributed by atoms with Crippen molar-refractivity contribution in [1.82, 2.24) is 30.8 Å². The van der Waals surface area contributed by atoms with E-state index in [0.717, 1.165) is 35.3 Å². The van der Waals surface area contributed by atoms with Gasteiger partial charge >= 0.3 is 0 Å².